The van der Waals surface area contributed by atoms with Crippen molar-refractivity contribution in [1.29, 1.82) is 0 Å². The highest BCUT2D eigenvalue weighted by Crippen LogP contribution is 2.29. The average Bonchev–Trinajstić information content (AvgIpc) is 3.34. The predicted octanol–water partition coefficient (Wildman–Crippen LogP) is 2.24. The fourth-order valence-corrected chi connectivity index (χ4v) is 4.84. The summed E-state index contributed by atoms with van der Waals surface area (Å²) in [6, 6.07) is 1.50. The average molecular weight is 413 g/mol. The molecule has 0 saturated carbocycles. The number of hydrogen-bond donors (Lipinski definition) is 0. The van der Waals surface area contributed by atoms with Gasteiger partial charge in [-0.1, -0.05) is 27.7 Å². The predicted molar refractivity (Wildman–Crippen MR) is 122 cm³/mol. The van der Waals surface area contributed by atoms with Crippen molar-refractivity contribution in [1.82, 2.24) is 19.6 Å². The molecule has 3 saturated heterocycles. The molecule has 3 rings (SSSR count). The molecule has 3 aliphatic heterocycles. The van der Waals surface area contributed by atoms with Gasteiger partial charge >= 0.3 is 0 Å². The Balaban J connectivity index is 0.00000145. The van der Waals surface area contributed by atoms with Crippen LogP contribution in [0.5, 0.6) is 0 Å². The highest BCUT2D eigenvalue weighted by molar-refractivity contribution is 4.99. The number of likely N-dealkylation sites (tertiary alicyclic amines) is 2. The first-order valence-corrected chi connectivity index (χ1v) is 12.4. The van der Waals surface area contributed by atoms with E-state index in [9.17, 15) is 0 Å². The van der Waals surface area contributed by atoms with E-state index in [1.165, 1.54) is 58.7 Å². The van der Waals surface area contributed by atoms with Crippen molar-refractivity contribution < 1.29 is 9.47 Å². The largest absolute Gasteiger partial charge is 0.380 e. The summed E-state index contributed by atoms with van der Waals surface area (Å²) in [6.45, 7) is 23.9. The van der Waals surface area contributed by atoms with E-state index in [0.29, 0.717) is 0 Å². The molecule has 2 bridgehead atoms. The molecule has 0 aromatic carbocycles. The topological polar surface area (TPSA) is 31.4 Å². The third kappa shape index (κ3) is 8.42. The maximum atomic E-state index is 5.97. The van der Waals surface area contributed by atoms with Gasteiger partial charge in [-0.15, -0.1) is 0 Å². The fraction of sp³-hybridized carbons (Fsp3) is 1.00. The number of hydrogen-bond acceptors (Lipinski definition) is 6. The number of ether oxygens (including phenoxy) is 2. The molecule has 1 unspecified atom stereocenters. The summed E-state index contributed by atoms with van der Waals surface area (Å²) < 4.78 is 11.6. The Morgan fingerprint density at radius 1 is 0.621 bits per heavy atom. The van der Waals surface area contributed by atoms with Gasteiger partial charge in [-0.25, -0.2) is 0 Å². The number of rotatable bonds is 13. The lowest BCUT2D eigenvalue weighted by molar-refractivity contribution is 0.0437. The van der Waals surface area contributed by atoms with Gasteiger partial charge < -0.3 is 14.4 Å². The second kappa shape index (κ2) is 14.7. The zero-order valence-electron chi connectivity index (χ0n) is 19.8. The van der Waals surface area contributed by atoms with Gasteiger partial charge in [0, 0.05) is 77.6 Å². The van der Waals surface area contributed by atoms with E-state index in [2.05, 4.69) is 33.4 Å². The molecule has 0 N–H and O–H groups in total. The van der Waals surface area contributed by atoms with Crippen LogP contribution in [-0.2, 0) is 9.47 Å². The number of fused-ring (bicyclic) bond motifs is 2. The Morgan fingerprint density at radius 3 is 1.59 bits per heavy atom. The molecule has 0 spiro atoms. The van der Waals surface area contributed by atoms with Gasteiger partial charge in [0.2, 0.25) is 0 Å². The van der Waals surface area contributed by atoms with Gasteiger partial charge in [-0.05, 0) is 25.8 Å². The molecule has 3 fully saturated rings. The summed E-state index contributed by atoms with van der Waals surface area (Å²) in [5, 5.41) is 0. The molecule has 6 heteroatoms. The van der Waals surface area contributed by atoms with E-state index in [1.54, 1.807) is 0 Å². The molecule has 3 aliphatic rings. The molecule has 29 heavy (non-hydrogen) atoms. The van der Waals surface area contributed by atoms with E-state index < -0.39 is 0 Å². The van der Waals surface area contributed by atoms with Crippen LogP contribution < -0.4 is 0 Å². The highest BCUT2D eigenvalue weighted by atomic mass is 16.5. The molecule has 0 aromatic rings. The molecule has 0 aromatic heterocycles. The SMILES string of the molecule is CC.CCCOCCN1CC2C[C@H]1CN2CCOCCN1CCN(CCC)CC1. The van der Waals surface area contributed by atoms with E-state index in [4.69, 9.17) is 9.47 Å². The lowest BCUT2D eigenvalue weighted by Gasteiger charge is -2.35. The molecule has 3 heterocycles. The monoisotopic (exact) mass is 412 g/mol. The lowest BCUT2D eigenvalue weighted by atomic mass is 10.2. The Labute approximate surface area is 180 Å². The first-order valence-electron chi connectivity index (χ1n) is 12.4. The molecule has 0 amide bonds. The van der Waals surface area contributed by atoms with Crippen molar-refractivity contribution in [3.63, 3.8) is 0 Å². The van der Waals surface area contributed by atoms with Gasteiger partial charge in [-0.2, -0.15) is 0 Å². The van der Waals surface area contributed by atoms with Crippen molar-refractivity contribution in [2.75, 3.05) is 91.9 Å². The maximum absolute atomic E-state index is 5.97. The maximum Gasteiger partial charge on any atom is 0.0594 e. The second-order valence-corrected chi connectivity index (χ2v) is 8.44. The van der Waals surface area contributed by atoms with Crippen LogP contribution in [0.3, 0.4) is 0 Å². The zero-order chi connectivity index (χ0) is 20.9. The molecular formula is C23H48N4O2. The molecule has 2 atom stereocenters. The minimum atomic E-state index is 0.747. The van der Waals surface area contributed by atoms with Crippen molar-refractivity contribution in [3.05, 3.63) is 0 Å². The Bertz CT molecular complexity index is 404. The van der Waals surface area contributed by atoms with Crippen molar-refractivity contribution in [2.45, 2.75) is 59.0 Å². The van der Waals surface area contributed by atoms with E-state index in [1.807, 2.05) is 13.8 Å². The summed E-state index contributed by atoms with van der Waals surface area (Å²) in [5.41, 5.74) is 0. The number of nitrogens with zero attached hydrogens (tertiary/aromatic N) is 4. The van der Waals surface area contributed by atoms with Crippen LogP contribution in [0.2, 0.25) is 0 Å². The van der Waals surface area contributed by atoms with Crippen LogP contribution in [0, 0.1) is 0 Å². The van der Waals surface area contributed by atoms with Gasteiger partial charge in [0.1, 0.15) is 0 Å². The molecule has 0 radical (unpaired) electrons. The van der Waals surface area contributed by atoms with Crippen molar-refractivity contribution in [3.8, 4) is 0 Å². The molecule has 172 valence electrons. The summed E-state index contributed by atoms with van der Waals surface area (Å²) in [6.07, 6.45) is 3.73. The third-order valence-corrected chi connectivity index (χ3v) is 6.42. The summed E-state index contributed by atoms with van der Waals surface area (Å²) >= 11 is 0. The number of piperazine rings is 2. The first-order chi connectivity index (χ1) is 14.3. The lowest BCUT2D eigenvalue weighted by Crippen LogP contribution is -2.48. The van der Waals surface area contributed by atoms with E-state index in [-0.39, 0.29) is 0 Å². The van der Waals surface area contributed by atoms with Crippen LogP contribution in [-0.4, -0.2) is 124 Å². The first kappa shape index (κ1) is 25.0. The van der Waals surface area contributed by atoms with Gasteiger partial charge in [0.05, 0.1) is 19.8 Å². The summed E-state index contributed by atoms with van der Waals surface area (Å²) in [7, 11) is 0. The van der Waals surface area contributed by atoms with Crippen molar-refractivity contribution in [2.24, 2.45) is 0 Å². The summed E-state index contributed by atoms with van der Waals surface area (Å²) in [4.78, 5) is 10.4. The van der Waals surface area contributed by atoms with Crippen LogP contribution in [0.4, 0.5) is 0 Å². The van der Waals surface area contributed by atoms with Crippen LogP contribution in [0.15, 0.2) is 0 Å². The Morgan fingerprint density at radius 2 is 1.10 bits per heavy atom. The fourth-order valence-electron chi connectivity index (χ4n) is 4.84. The van der Waals surface area contributed by atoms with Gasteiger partial charge in [0.25, 0.3) is 0 Å². The standard InChI is InChI=1S/C21H42N4O2.C2H6/c1-3-5-22-6-8-23(9-7-22)10-14-27-16-12-25-19-20-17-21(25)18-24(20)11-15-26-13-4-2;1-2/h20-21H,3-19H2,1-2H3;1-2H3/t20-,21?;/m0./s1. The highest BCUT2D eigenvalue weighted by Gasteiger charge is 2.42. The molecular weight excluding hydrogens is 364 g/mol. The molecule has 6 nitrogen and oxygen atoms in total. The minimum Gasteiger partial charge on any atom is -0.380 e. The third-order valence-electron chi connectivity index (χ3n) is 6.42. The second-order valence-electron chi connectivity index (χ2n) is 8.44. The van der Waals surface area contributed by atoms with E-state index >= 15 is 0 Å². The molecule has 0 aliphatic carbocycles. The van der Waals surface area contributed by atoms with Gasteiger partial charge in [0.15, 0.2) is 0 Å². The summed E-state index contributed by atoms with van der Waals surface area (Å²) in [5.74, 6) is 0. The quantitative estimate of drug-likeness (QED) is 0.431. The smallest absolute Gasteiger partial charge is 0.0594 e. The van der Waals surface area contributed by atoms with Gasteiger partial charge in [-0.3, -0.25) is 14.7 Å². The van der Waals surface area contributed by atoms with Crippen LogP contribution >= 0.6 is 0 Å². The minimum absolute atomic E-state index is 0.747. The van der Waals surface area contributed by atoms with Crippen LogP contribution in [0.1, 0.15) is 47.0 Å². The van der Waals surface area contributed by atoms with Crippen molar-refractivity contribution >= 4 is 0 Å². The normalized spacial score (nSPS) is 26.1. The zero-order valence-corrected chi connectivity index (χ0v) is 19.8. The van der Waals surface area contributed by atoms with E-state index in [0.717, 1.165) is 64.6 Å². The Kier molecular flexibility index (Phi) is 12.7. The van der Waals surface area contributed by atoms with Crippen LogP contribution in [0.25, 0.3) is 0 Å². The Hall–Kier alpha value is -0.240.